The van der Waals surface area contributed by atoms with Gasteiger partial charge in [-0.1, -0.05) is 79.8 Å². The van der Waals surface area contributed by atoms with Crippen molar-refractivity contribution in [2.24, 2.45) is 5.73 Å². The summed E-state index contributed by atoms with van der Waals surface area (Å²) in [5, 5.41) is 0. The van der Waals surface area contributed by atoms with Crippen LogP contribution in [0.3, 0.4) is 0 Å². The van der Waals surface area contributed by atoms with Crippen molar-refractivity contribution in [3.63, 3.8) is 0 Å². The Hall–Kier alpha value is -1.13. The molecule has 1 saturated heterocycles. The summed E-state index contributed by atoms with van der Waals surface area (Å²) in [6, 6.07) is 22.4. The molecule has 2 nitrogen and oxygen atoms in total. The first-order valence-electron chi connectivity index (χ1n) is 8.59. The second-order valence-electron chi connectivity index (χ2n) is 7.15. The average molecular weight is 363 g/mol. The van der Waals surface area contributed by atoms with Gasteiger partial charge in [-0.15, -0.1) is 12.4 Å². The largest absolute Gasteiger partial charge is 0.326 e. The molecule has 0 atom stereocenters. The molecule has 0 unspecified atom stereocenters. The first-order chi connectivity index (χ1) is 11.1. The van der Waals surface area contributed by atoms with E-state index in [1.165, 1.54) is 36.3 Å². The lowest BCUT2D eigenvalue weighted by molar-refractivity contribution is 0.290. The smallest absolute Gasteiger partial charge is 0.0630 e. The van der Waals surface area contributed by atoms with E-state index in [0.717, 1.165) is 6.54 Å². The van der Waals surface area contributed by atoms with E-state index in [1.807, 2.05) is 30.3 Å². The van der Waals surface area contributed by atoms with E-state index in [-0.39, 0.29) is 12.4 Å². The highest BCUT2D eigenvalue weighted by atomic mass is 35.5. The van der Waals surface area contributed by atoms with Crippen molar-refractivity contribution in [2.45, 2.75) is 38.6 Å². The number of halogens is 1. The second kappa shape index (κ2) is 10.7. The lowest BCUT2D eigenvalue weighted by atomic mass is 10.2. The van der Waals surface area contributed by atoms with Crippen LogP contribution in [0.1, 0.15) is 17.5 Å². The van der Waals surface area contributed by atoms with Crippen LogP contribution in [-0.4, -0.2) is 25.7 Å². The first kappa shape index (κ1) is 20.9. The molecule has 3 rings (SSSR count). The van der Waals surface area contributed by atoms with Gasteiger partial charge in [0.2, 0.25) is 0 Å². The molecule has 1 heterocycles. The van der Waals surface area contributed by atoms with E-state index in [2.05, 4.69) is 48.3 Å². The Morgan fingerprint density at radius 1 is 0.917 bits per heavy atom. The number of hydrogen-bond acceptors (Lipinski definition) is 2. The van der Waals surface area contributed by atoms with Crippen LogP contribution in [0.25, 0.3) is 0 Å². The topological polar surface area (TPSA) is 29.3 Å². The van der Waals surface area contributed by atoms with Crippen LogP contribution in [0.15, 0.2) is 60.7 Å². The maximum Gasteiger partial charge on any atom is 0.0630 e. The molecule has 0 aliphatic carbocycles. The summed E-state index contributed by atoms with van der Waals surface area (Å²) < 4.78 is 0. The molecule has 4 heteroatoms. The third-order valence-corrected chi connectivity index (χ3v) is 7.32. The summed E-state index contributed by atoms with van der Waals surface area (Å²) in [5.41, 5.74) is 8.00. The summed E-state index contributed by atoms with van der Waals surface area (Å²) in [5.74, 6) is 0. The Kier molecular flexibility index (Phi) is 9.30. The van der Waals surface area contributed by atoms with Crippen molar-refractivity contribution in [1.29, 1.82) is 0 Å². The van der Waals surface area contributed by atoms with Crippen LogP contribution in [0.4, 0.5) is 0 Å². The highest BCUT2D eigenvalue weighted by molar-refractivity contribution is 6.77. The summed E-state index contributed by atoms with van der Waals surface area (Å²) in [4.78, 5) is 2.64. The van der Waals surface area contributed by atoms with Crippen molar-refractivity contribution in [3.05, 3.63) is 71.8 Å². The van der Waals surface area contributed by atoms with Gasteiger partial charge >= 0.3 is 0 Å². The summed E-state index contributed by atoms with van der Waals surface area (Å²) in [6.07, 6.45) is 2.79. The molecule has 0 bridgehead atoms. The minimum atomic E-state index is -0.881. The predicted molar refractivity (Wildman–Crippen MR) is 110 cm³/mol. The Labute approximate surface area is 154 Å². The quantitative estimate of drug-likeness (QED) is 0.801. The first-order valence-corrected chi connectivity index (χ1v) is 12.0. The molecule has 132 valence electrons. The van der Waals surface area contributed by atoms with Crippen molar-refractivity contribution >= 4 is 20.5 Å². The monoisotopic (exact) mass is 362 g/mol. The van der Waals surface area contributed by atoms with Gasteiger partial charge in [0.1, 0.15) is 0 Å². The van der Waals surface area contributed by atoms with E-state index in [0.29, 0.717) is 6.54 Å². The van der Waals surface area contributed by atoms with Gasteiger partial charge in [0.15, 0.2) is 0 Å². The van der Waals surface area contributed by atoms with Crippen molar-refractivity contribution in [1.82, 2.24) is 4.90 Å². The van der Waals surface area contributed by atoms with E-state index in [1.54, 1.807) is 0 Å². The zero-order chi connectivity index (χ0) is 16.5. The maximum atomic E-state index is 5.35. The van der Waals surface area contributed by atoms with Gasteiger partial charge in [-0.3, -0.25) is 0 Å². The Morgan fingerprint density at radius 2 is 1.46 bits per heavy atom. The maximum absolute atomic E-state index is 5.35. The van der Waals surface area contributed by atoms with Gasteiger partial charge in [0.25, 0.3) is 0 Å². The third kappa shape index (κ3) is 7.62. The van der Waals surface area contributed by atoms with Gasteiger partial charge < -0.3 is 10.6 Å². The molecule has 24 heavy (non-hydrogen) atoms. The predicted octanol–water partition coefficient (Wildman–Crippen LogP) is 4.71. The number of nitrogens with two attached hydrogens (primary N) is 1. The lowest BCUT2D eigenvalue weighted by Crippen LogP contribution is -2.47. The van der Waals surface area contributed by atoms with Crippen LogP contribution in [0.2, 0.25) is 19.1 Å². The standard InChI is InChI=1S/C13H21NSi.C7H9N.ClH/c1-15(2)10-6-9-14(12-15)11-13-7-4-3-5-8-13;8-6-7-4-2-1-3-5-7;/h3-5,7-8H,6,9-12H2,1-2H3;1-5H,6,8H2;1H. The van der Waals surface area contributed by atoms with Gasteiger partial charge in [0, 0.05) is 13.1 Å². The summed E-state index contributed by atoms with van der Waals surface area (Å²) >= 11 is 0. The fraction of sp³-hybridized carbons (Fsp3) is 0.400. The molecular formula is C20H31ClN2Si. The fourth-order valence-corrected chi connectivity index (χ4v) is 5.89. The van der Waals surface area contributed by atoms with Crippen LogP contribution >= 0.6 is 12.4 Å². The average Bonchev–Trinajstić information content (AvgIpc) is 2.56. The van der Waals surface area contributed by atoms with Gasteiger partial charge in [-0.05, 0) is 30.3 Å². The second-order valence-corrected chi connectivity index (χ2v) is 12.3. The van der Waals surface area contributed by atoms with E-state index < -0.39 is 8.07 Å². The normalized spacial score (nSPS) is 16.5. The third-order valence-electron chi connectivity index (χ3n) is 4.31. The molecule has 2 aromatic carbocycles. The molecule has 1 fully saturated rings. The molecule has 0 amide bonds. The summed E-state index contributed by atoms with van der Waals surface area (Å²) in [6.45, 7) is 8.12. The number of benzene rings is 2. The van der Waals surface area contributed by atoms with Crippen LogP contribution in [0, 0.1) is 0 Å². The molecule has 0 aromatic heterocycles. The summed E-state index contributed by atoms with van der Waals surface area (Å²) in [7, 11) is -0.881. The van der Waals surface area contributed by atoms with Gasteiger partial charge in [-0.2, -0.15) is 0 Å². The molecule has 1 aliphatic rings. The van der Waals surface area contributed by atoms with E-state index in [9.17, 15) is 0 Å². The van der Waals surface area contributed by atoms with E-state index in [4.69, 9.17) is 5.73 Å². The molecule has 2 aromatic rings. The Morgan fingerprint density at radius 3 is 1.92 bits per heavy atom. The molecule has 1 aliphatic heterocycles. The van der Waals surface area contributed by atoms with Gasteiger partial charge in [0.05, 0.1) is 8.07 Å². The zero-order valence-corrected chi connectivity index (χ0v) is 16.8. The van der Waals surface area contributed by atoms with Crippen LogP contribution in [0.5, 0.6) is 0 Å². The molecule has 2 N–H and O–H groups in total. The molecule has 0 radical (unpaired) electrons. The number of nitrogens with zero attached hydrogens (tertiary/aromatic N) is 1. The number of rotatable bonds is 3. The molecular weight excluding hydrogens is 332 g/mol. The lowest BCUT2D eigenvalue weighted by Gasteiger charge is -2.36. The number of hydrogen-bond donors (Lipinski definition) is 1. The fourth-order valence-electron chi connectivity index (χ4n) is 3.14. The van der Waals surface area contributed by atoms with Crippen molar-refractivity contribution in [2.75, 3.05) is 12.7 Å². The minimum absolute atomic E-state index is 0. The van der Waals surface area contributed by atoms with Crippen LogP contribution < -0.4 is 5.73 Å². The SMILES string of the molecule is C[Si]1(C)CCCN(Cc2ccccc2)C1.Cl.NCc1ccccc1. The van der Waals surface area contributed by atoms with Crippen LogP contribution in [-0.2, 0) is 13.1 Å². The van der Waals surface area contributed by atoms with E-state index >= 15 is 0 Å². The van der Waals surface area contributed by atoms with Gasteiger partial charge in [-0.25, -0.2) is 0 Å². The highest BCUT2D eigenvalue weighted by Gasteiger charge is 2.27. The van der Waals surface area contributed by atoms with Crippen molar-refractivity contribution in [3.8, 4) is 0 Å². The zero-order valence-electron chi connectivity index (χ0n) is 14.9. The van der Waals surface area contributed by atoms with Crippen molar-refractivity contribution < 1.29 is 0 Å². The minimum Gasteiger partial charge on any atom is -0.326 e. The molecule has 0 spiro atoms. The molecule has 0 saturated carbocycles. The highest BCUT2D eigenvalue weighted by Crippen LogP contribution is 2.21. The Balaban J connectivity index is 0.000000273. The Bertz CT molecular complexity index is 560.